The summed E-state index contributed by atoms with van der Waals surface area (Å²) in [5, 5.41) is 160. The lowest BCUT2D eigenvalue weighted by atomic mass is 9.79. The number of carboxylic acids is 2. The minimum absolute atomic E-state index is 0.575. The minimum Gasteiger partial charge on any atom is -0.479 e. The fourth-order valence-corrected chi connectivity index (χ4v) is 11.2. The lowest BCUT2D eigenvalue weighted by Gasteiger charge is -2.47. The molecule has 6 heterocycles. The second kappa shape index (κ2) is 28.7. The SMILES string of the molecule is CC1OC(COCC2C(O)C(CO)OC(O)C2COC2OC(C(=O)O)C(OCC3OC(CO)C(O)C(COCC4OC(C)C(O)C(OS(=O)(=O)O)C4O)C3COC3OC(C(=O)O)=CC(O)C3O)C(O)C2O)C(O)C(OS(=O)(=O)O)C1O. The quantitative estimate of drug-likeness (QED) is 0.0378. The molecule has 5 saturated heterocycles. The zero-order chi connectivity index (χ0) is 60.2. The van der Waals surface area contributed by atoms with Crippen molar-refractivity contribution in [3.8, 4) is 0 Å². The molecule has 28 unspecified atom stereocenters. The van der Waals surface area contributed by atoms with Gasteiger partial charge in [0, 0.05) is 23.7 Å². The Balaban J connectivity index is 1.16. The minimum atomic E-state index is -5.23. The maximum Gasteiger partial charge on any atom is 0.397 e. The summed E-state index contributed by atoms with van der Waals surface area (Å²) >= 11 is 0. The van der Waals surface area contributed by atoms with Crippen LogP contribution >= 0.6 is 0 Å². The summed E-state index contributed by atoms with van der Waals surface area (Å²) in [4.78, 5) is 24.5. The molecule has 0 spiro atoms. The number of ether oxygens (including phenoxy) is 11. The third-order valence-electron chi connectivity index (χ3n) is 14.7. The van der Waals surface area contributed by atoms with Gasteiger partial charge in [0.2, 0.25) is 12.0 Å². The first-order chi connectivity index (χ1) is 37.9. The number of aliphatic hydroxyl groups excluding tert-OH is 13. The maximum atomic E-state index is 12.8. The topological polar surface area (TPSA) is 566 Å². The predicted molar refractivity (Wildman–Crippen MR) is 249 cm³/mol. The van der Waals surface area contributed by atoms with Crippen LogP contribution < -0.4 is 0 Å². The number of carboxylic acid groups (broad SMARTS) is 2. The van der Waals surface area contributed by atoms with E-state index in [1.807, 2.05) is 0 Å². The van der Waals surface area contributed by atoms with Gasteiger partial charge in [0.1, 0.15) is 91.6 Å². The third-order valence-corrected chi connectivity index (χ3v) is 15.6. The van der Waals surface area contributed by atoms with Gasteiger partial charge in [-0.25, -0.2) is 18.0 Å². The molecule has 0 saturated carbocycles. The molecule has 0 bridgehead atoms. The summed E-state index contributed by atoms with van der Waals surface area (Å²) in [5.41, 5.74) is 0. The molecule has 38 heteroatoms. The van der Waals surface area contributed by atoms with Gasteiger partial charge in [-0.05, 0) is 19.9 Å². The van der Waals surface area contributed by atoms with Gasteiger partial charge in [-0.15, -0.1) is 0 Å². The standard InChI is InChI=1S/C43H70O36S2/c1-13-26(47)35(78-80(61,62)63)31(52)24(72-13)10-67-6-16-15(8-70-42-30(51)19(46)3-20(76-42)39(56)57)23(74-21(4-44)28(16)49)12-69-37-33(54)34(55)43(77-38(37)40(58)59)71-9-18-17(29(50)22(5-45)75-41(18)60)7-68-11-25-32(53)36(79-81(64,65)66)27(48)14(2)73-25/h3,13-19,21-38,41-55,60H,4-12H2,1-2H3,(H,56,57)(H,58,59)(H,61,62,63)(H,64,65,66). The predicted octanol–water partition coefficient (Wildman–Crippen LogP) is -9.93. The van der Waals surface area contributed by atoms with E-state index in [1.165, 1.54) is 13.8 Å². The van der Waals surface area contributed by atoms with Crippen LogP contribution in [0.3, 0.4) is 0 Å². The van der Waals surface area contributed by atoms with Crippen LogP contribution in [0.15, 0.2) is 11.8 Å². The number of hydrogen-bond acceptors (Lipinski definition) is 32. The summed E-state index contributed by atoms with van der Waals surface area (Å²) in [6.45, 7) is -4.04. The number of hydrogen-bond donors (Lipinski definition) is 17. The Kier molecular flexibility index (Phi) is 23.9. The Morgan fingerprint density at radius 3 is 1.44 bits per heavy atom. The van der Waals surface area contributed by atoms with Gasteiger partial charge in [-0.1, -0.05) is 0 Å². The van der Waals surface area contributed by atoms with Crippen LogP contribution in [0, 0.1) is 23.7 Å². The average Bonchev–Trinajstić information content (AvgIpc) is 3.42. The van der Waals surface area contributed by atoms with Crippen molar-refractivity contribution in [3.05, 3.63) is 11.8 Å². The molecule has 0 aromatic carbocycles. The van der Waals surface area contributed by atoms with Gasteiger partial charge in [-0.3, -0.25) is 9.11 Å². The Morgan fingerprint density at radius 2 is 0.963 bits per heavy atom. The molecule has 0 amide bonds. The van der Waals surface area contributed by atoms with Crippen LogP contribution in [0.2, 0.25) is 0 Å². The first-order valence-corrected chi connectivity index (χ1v) is 27.7. The molecular formula is C43H70O36S2. The molecule has 0 aromatic heterocycles. The van der Waals surface area contributed by atoms with Crippen LogP contribution in [0.4, 0.5) is 0 Å². The van der Waals surface area contributed by atoms with Gasteiger partial charge in [0.25, 0.3) is 0 Å². The van der Waals surface area contributed by atoms with Gasteiger partial charge in [0.15, 0.2) is 18.7 Å². The van der Waals surface area contributed by atoms with Crippen molar-refractivity contribution >= 4 is 32.7 Å². The second-order valence-electron chi connectivity index (χ2n) is 20.1. The zero-order valence-electron chi connectivity index (χ0n) is 42.8. The van der Waals surface area contributed by atoms with Crippen molar-refractivity contribution in [2.24, 2.45) is 23.7 Å². The van der Waals surface area contributed by atoms with Crippen LogP contribution in [0.5, 0.6) is 0 Å². The first-order valence-electron chi connectivity index (χ1n) is 25.0. The molecule has 470 valence electrons. The van der Waals surface area contributed by atoms with E-state index in [1.54, 1.807) is 0 Å². The van der Waals surface area contributed by atoms with E-state index in [2.05, 4.69) is 8.37 Å². The highest BCUT2D eigenvalue weighted by molar-refractivity contribution is 7.81. The van der Waals surface area contributed by atoms with Gasteiger partial charge >= 0.3 is 32.7 Å². The molecule has 6 aliphatic heterocycles. The molecule has 0 aromatic rings. The largest absolute Gasteiger partial charge is 0.479 e. The average molecular weight is 1230 g/mol. The van der Waals surface area contributed by atoms with E-state index in [4.69, 9.17) is 52.1 Å². The normalized spacial score (nSPS) is 44.5. The smallest absolute Gasteiger partial charge is 0.397 e. The van der Waals surface area contributed by atoms with E-state index in [0.717, 1.165) is 0 Å². The van der Waals surface area contributed by atoms with Crippen molar-refractivity contribution in [3.63, 3.8) is 0 Å². The Bertz CT molecular complexity index is 2300. The van der Waals surface area contributed by atoms with Gasteiger partial charge in [-0.2, -0.15) is 16.8 Å². The highest BCUT2D eigenvalue weighted by Crippen LogP contribution is 2.37. The molecular weight excluding hydrogens is 1160 g/mol. The number of aliphatic hydroxyl groups is 13. The van der Waals surface area contributed by atoms with E-state index in [9.17, 15) is 112 Å². The second-order valence-corrected chi connectivity index (χ2v) is 22.2. The van der Waals surface area contributed by atoms with Crippen LogP contribution in [0.1, 0.15) is 13.8 Å². The lowest BCUT2D eigenvalue weighted by Crippen LogP contribution is -2.63. The van der Waals surface area contributed by atoms with E-state index in [0.29, 0.717) is 6.08 Å². The first kappa shape index (κ1) is 67.4. The number of carbonyl (C=O) groups is 2. The van der Waals surface area contributed by atoms with Crippen LogP contribution in [-0.4, -0.2) is 321 Å². The van der Waals surface area contributed by atoms with Crippen LogP contribution in [0.25, 0.3) is 0 Å². The Morgan fingerprint density at radius 1 is 0.481 bits per heavy atom. The molecule has 17 N–H and O–H groups in total. The number of aliphatic carboxylic acids is 2. The van der Waals surface area contributed by atoms with E-state index in [-0.39, 0.29) is 0 Å². The third kappa shape index (κ3) is 16.6. The van der Waals surface area contributed by atoms with Crippen molar-refractivity contribution in [1.82, 2.24) is 0 Å². The maximum absolute atomic E-state index is 12.8. The molecule has 6 aliphatic rings. The fraction of sp³-hybridized carbons (Fsp3) is 0.907. The molecule has 5 fully saturated rings. The highest BCUT2D eigenvalue weighted by Gasteiger charge is 2.54. The lowest BCUT2D eigenvalue weighted by molar-refractivity contribution is -0.321. The molecule has 36 nitrogen and oxygen atoms in total. The van der Waals surface area contributed by atoms with Crippen molar-refractivity contribution in [1.29, 1.82) is 0 Å². The van der Waals surface area contributed by atoms with Crippen molar-refractivity contribution in [2.75, 3.05) is 59.5 Å². The molecule has 28 atom stereocenters. The molecule has 6 rings (SSSR count). The molecule has 0 aliphatic carbocycles. The molecule has 0 radical (unpaired) electrons. The fourth-order valence-electron chi connectivity index (χ4n) is 10.2. The monoisotopic (exact) mass is 1230 g/mol. The van der Waals surface area contributed by atoms with Gasteiger partial charge in [0.05, 0.1) is 90.0 Å². The van der Waals surface area contributed by atoms with Crippen LogP contribution in [-0.2, 0) is 90.9 Å². The number of rotatable bonds is 25. The van der Waals surface area contributed by atoms with Crippen molar-refractivity contribution in [2.45, 2.75) is 161 Å². The summed E-state index contributed by atoms with van der Waals surface area (Å²) in [7, 11) is -10.4. The Hall–Kier alpha value is -2.70. The highest BCUT2D eigenvalue weighted by atomic mass is 32.3. The summed E-state index contributed by atoms with van der Waals surface area (Å²) in [6.07, 6.45) is -42.2. The summed E-state index contributed by atoms with van der Waals surface area (Å²) in [5.74, 6) is -9.68. The van der Waals surface area contributed by atoms with Crippen molar-refractivity contribution < 1.29 is 173 Å². The Labute approximate surface area is 460 Å². The summed E-state index contributed by atoms with van der Waals surface area (Å²) < 4.78 is 135. The van der Waals surface area contributed by atoms with E-state index >= 15 is 0 Å². The molecule has 81 heavy (non-hydrogen) atoms. The summed E-state index contributed by atoms with van der Waals surface area (Å²) in [6, 6.07) is 0. The zero-order valence-corrected chi connectivity index (χ0v) is 44.4. The van der Waals surface area contributed by atoms with E-state index < -0.39 is 269 Å². The van der Waals surface area contributed by atoms with Gasteiger partial charge < -0.3 is 129 Å².